The van der Waals surface area contributed by atoms with E-state index in [4.69, 9.17) is 0 Å². The van der Waals surface area contributed by atoms with Crippen LogP contribution < -0.4 is 5.32 Å². The summed E-state index contributed by atoms with van der Waals surface area (Å²) in [6.07, 6.45) is 6.49. The molecule has 1 aromatic carbocycles. The summed E-state index contributed by atoms with van der Waals surface area (Å²) in [5.74, 6) is 0. The Kier molecular flexibility index (Phi) is 3.97. The number of hydrogen-bond acceptors (Lipinski definition) is 2. The van der Waals surface area contributed by atoms with Gasteiger partial charge in [0.2, 0.25) is 0 Å². The second-order valence-corrected chi connectivity index (χ2v) is 5.25. The molecule has 2 heterocycles. The number of nitrogens with zero attached hydrogens (tertiary/aromatic N) is 1. The number of aldehydes is 1. The van der Waals surface area contributed by atoms with Crippen molar-refractivity contribution in [2.24, 2.45) is 0 Å². The van der Waals surface area contributed by atoms with Gasteiger partial charge in [0.1, 0.15) is 0 Å². The highest BCUT2D eigenvalue weighted by atomic mass is 35.5. The van der Waals surface area contributed by atoms with Crippen LogP contribution >= 0.6 is 12.4 Å². The van der Waals surface area contributed by atoms with Gasteiger partial charge < -0.3 is 4.57 Å². The molecule has 1 aromatic heterocycles. The average molecular weight is 279 g/mol. The fraction of sp³-hybridized carbons (Fsp3) is 0.400. The van der Waals surface area contributed by atoms with Crippen molar-refractivity contribution in [3.05, 3.63) is 36.0 Å². The number of carbonyl (C=O) groups is 1. The zero-order chi connectivity index (χ0) is 12.6. The van der Waals surface area contributed by atoms with Crippen LogP contribution in [0.1, 0.15) is 36.5 Å². The lowest BCUT2D eigenvalue weighted by Crippen LogP contribution is -2.47. The first kappa shape index (κ1) is 14.1. The summed E-state index contributed by atoms with van der Waals surface area (Å²) in [7, 11) is 0. The predicted molar refractivity (Wildman–Crippen MR) is 80.1 cm³/mol. The largest absolute Gasteiger partial charge is 0.328 e. The zero-order valence-corrected chi connectivity index (χ0v) is 11.9. The van der Waals surface area contributed by atoms with E-state index in [1.54, 1.807) is 0 Å². The summed E-state index contributed by atoms with van der Waals surface area (Å²) >= 11 is 0. The second kappa shape index (κ2) is 5.35. The van der Waals surface area contributed by atoms with E-state index in [1.807, 2.05) is 24.4 Å². The first-order chi connectivity index (χ1) is 8.74. The zero-order valence-electron chi connectivity index (χ0n) is 11.1. The number of aromatic nitrogens is 1. The number of rotatable bonds is 2. The Morgan fingerprint density at radius 1 is 1.32 bits per heavy atom. The van der Waals surface area contributed by atoms with Crippen LogP contribution in [0, 0.1) is 0 Å². The molecule has 2 aromatic rings. The van der Waals surface area contributed by atoms with E-state index in [0.717, 1.165) is 35.7 Å². The Morgan fingerprint density at radius 3 is 2.79 bits per heavy atom. The van der Waals surface area contributed by atoms with Crippen molar-refractivity contribution >= 4 is 29.6 Å². The van der Waals surface area contributed by atoms with E-state index in [2.05, 4.69) is 22.9 Å². The molecule has 1 aliphatic rings. The van der Waals surface area contributed by atoms with Crippen LogP contribution in [0.4, 0.5) is 0 Å². The number of benzene rings is 1. The number of halogens is 1. The van der Waals surface area contributed by atoms with Crippen molar-refractivity contribution < 1.29 is 4.79 Å². The lowest BCUT2D eigenvalue weighted by molar-refractivity contribution is 0.112. The number of nitrogens with one attached hydrogen (secondary N) is 1. The van der Waals surface area contributed by atoms with Gasteiger partial charge in [-0.25, -0.2) is 0 Å². The maximum atomic E-state index is 11.2. The monoisotopic (exact) mass is 278 g/mol. The lowest BCUT2D eigenvalue weighted by atomic mass is 9.99. The van der Waals surface area contributed by atoms with E-state index < -0.39 is 0 Å². The molecule has 3 rings (SSSR count). The smallest absolute Gasteiger partial charge is 0.152 e. The number of hydrogen-bond donors (Lipinski definition) is 1. The Labute approximate surface area is 119 Å². The first-order valence-electron chi connectivity index (χ1n) is 6.55. The maximum absolute atomic E-state index is 11.2. The van der Waals surface area contributed by atoms with Crippen molar-refractivity contribution in [1.29, 1.82) is 0 Å². The molecular weight excluding hydrogens is 260 g/mol. The van der Waals surface area contributed by atoms with Crippen molar-refractivity contribution in [1.82, 2.24) is 9.88 Å². The number of carbonyl (C=O) groups excluding carboxylic acids is 1. The SMILES string of the molecule is C[C@]1(n2cc(C=O)c3ccccc32)CCCCN1.Cl. The van der Waals surface area contributed by atoms with Gasteiger partial charge in [0, 0.05) is 17.1 Å². The fourth-order valence-corrected chi connectivity index (χ4v) is 2.95. The van der Waals surface area contributed by atoms with Crippen molar-refractivity contribution in [3.8, 4) is 0 Å². The van der Waals surface area contributed by atoms with E-state index >= 15 is 0 Å². The van der Waals surface area contributed by atoms with Crippen LogP contribution in [0.3, 0.4) is 0 Å². The van der Waals surface area contributed by atoms with E-state index in [-0.39, 0.29) is 18.1 Å². The van der Waals surface area contributed by atoms with Crippen molar-refractivity contribution in [2.75, 3.05) is 6.54 Å². The number of para-hydroxylation sites is 1. The van der Waals surface area contributed by atoms with E-state index in [0.29, 0.717) is 0 Å². The summed E-state index contributed by atoms with van der Waals surface area (Å²) in [5, 5.41) is 4.63. The average Bonchev–Trinajstić information content (AvgIpc) is 2.79. The number of piperidine rings is 1. The lowest BCUT2D eigenvalue weighted by Gasteiger charge is -2.37. The Balaban J connectivity index is 0.00000133. The molecular formula is C15H19ClN2O. The minimum Gasteiger partial charge on any atom is -0.328 e. The topological polar surface area (TPSA) is 34.0 Å². The minimum absolute atomic E-state index is 0. The molecule has 3 nitrogen and oxygen atoms in total. The molecule has 1 saturated heterocycles. The van der Waals surface area contributed by atoms with Crippen LogP contribution in [0.15, 0.2) is 30.5 Å². The van der Waals surface area contributed by atoms with Crippen LogP contribution in [0.5, 0.6) is 0 Å². The van der Waals surface area contributed by atoms with Gasteiger partial charge in [-0.2, -0.15) is 0 Å². The fourth-order valence-electron chi connectivity index (χ4n) is 2.95. The van der Waals surface area contributed by atoms with Crippen molar-refractivity contribution in [3.63, 3.8) is 0 Å². The molecule has 0 aliphatic carbocycles. The molecule has 0 radical (unpaired) electrons. The summed E-state index contributed by atoms with van der Waals surface area (Å²) in [5.41, 5.74) is 1.84. The summed E-state index contributed by atoms with van der Waals surface area (Å²) in [6, 6.07) is 8.11. The molecule has 1 N–H and O–H groups in total. The molecule has 1 fully saturated rings. The van der Waals surface area contributed by atoms with Crippen LogP contribution in [0.2, 0.25) is 0 Å². The van der Waals surface area contributed by atoms with Crippen molar-refractivity contribution in [2.45, 2.75) is 31.8 Å². The molecule has 1 atom stereocenters. The van der Waals surface area contributed by atoms with Crippen LogP contribution in [0.25, 0.3) is 10.9 Å². The van der Waals surface area contributed by atoms with Gasteiger partial charge in [0.15, 0.2) is 6.29 Å². The normalized spacial score (nSPS) is 23.0. The summed E-state index contributed by atoms with van der Waals surface area (Å²) < 4.78 is 2.23. The van der Waals surface area contributed by atoms with E-state index in [1.165, 1.54) is 12.8 Å². The Hall–Kier alpha value is -1.32. The van der Waals surface area contributed by atoms with Gasteiger partial charge in [-0.05, 0) is 38.8 Å². The van der Waals surface area contributed by atoms with Gasteiger partial charge >= 0.3 is 0 Å². The molecule has 102 valence electrons. The minimum atomic E-state index is -0.0703. The van der Waals surface area contributed by atoms with Crippen LogP contribution in [-0.4, -0.2) is 17.4 Å². The molecule has 4 heteroatoms. The van der Waals surface area contributed by atoms with Gasteiger partial charge in [-0.3, -0.25) is 10.1 Å². The predicted octanol–water partition coefficient (Wildman–Crippen LogP) is 3.32. The number of fused-ring (bicyclic) bond motifs is 1. The highest BCUT2D eigenvalue weighted by molar-refractivity contribution is 5.97. The third-order valence-electron chi connectivity index (χ3n) is 4.00. The van der Waals surface area contributed by atoms with Gasteiger partial charge in [0.25, 0.3) is 0 Å². The first-order valence-corrected chi connectivity index (χ1v) is 6.55. The third-order valence-corrected chi connectivity index (χ3v) is 4.00. The van der Waals surface area contributed by atoms with Crippen LogP contribution in [-0.2, 0) is 5.66 Å². The molecule has 0 unspecified atom stereocenters. The van der Waals surface area contributed by atoms with Gasteiger partial charge in [-0.1, -0.05) is 18.2 Å². The molecule has 0 bridgehead atoms. The Bertz CT molecular complexity index is 585. The Morgan fingerprint density at radius 2 is 2.11 bits per heavy atom. The maximum Gasteiger partial charge on any atom is 0.152 e. The molecule has 0 spiro atoms. The third kappa shape index (κ3) is 2.28. The summed E-state index contributed by atoms with van der Waals surface area (Å²) in [4.78, 5) is 11.2. The molecule has 19 heavy (non-hydrogen) atoms. The van der Waals surface area contributed by atoms with Gasteiger partial charge in [0.05, 0.1) is 11.2 Å². The van der Waals surface area contributed by atoms with Gasteiger partial charge in [-0.15, -0.1) is 12.4 Å². The second-order valence-electron chi connectivity index (χ2n) is 5.25. The highest BCUT2D eigenvalue weighted by Crippen LogP contribution is 2.30. The molecule has 1 aliphatic heterocycles. The quantitative estimate of drug-likeness (QED) is 0.855. The summed E-state index contributed by atoms with van der Waals surface area (Å²) in [6.45, 7) is 3.26. The standard InChI is InChI=1S/C15H18N2O.ClH/c1-15(8-4-5-9-16-15)17-10-12(11-18)13-6-2-3-7-14(13)17;/h2-3,6-7,10-11,16H,4-5,8-9H2,1H3;1H/t15-;/m0./s1. The highest BCUT2D eigenvalue weighted by Gasteiger charge is 2.29. The molecule has 0 saturated carbocycles. The molecule has 0 amide bonds. The van der Waals surface area contributed by atoms with E-state index in [9.17, 15) is 4.79 Å².